The van der Waals surface area contributed by atoms with Gasteiger partial charge in [-0.25, -0.2) is 4.79 Å². The van der Waals surface area contributed by atoms with E-state index in [1.807, 2.05) is 32.9 Å². The van der Waals surface area contributed by atoms with Crippen LogP contribution in [0.25, 0.3) is 0 Å². The summed E-state index contributed by atoms with van der Waals surface area (Å²) in [5.41, 5.74) is 0.291. The zero-order valence-electron chi connectivity index (χ0n) is 14.3. The minimum Gasteiger partial charge on any atom is -0.444 e. The lowest BCUT2D eigenvalue weighted by molar-refractivity contribution is 0.0234. The molecule has 24 heavy (non-hydrogen) atoms. The quantitative estimate of drug-likeness (QED) is 0.845. The van der Waals surface area contributed by atoms with E-state index in [-0.39, 0.29) is 6.04 Å². The number of pyridine rings is 1. The maximum atomic E-state index is 12.2. The molecule has 3 atom stereocenters. The third-order valence-electron chi connectivity index (χ3n) is 4.22. The number of hydrogen-bond donors (Lipinski definition) is 1. The summed E-state index contributed by atoms with van der Waals surface area (Å²) in [4.78, 5) is 19.1. The fraction of sp³-hybridized carbons (Fsp3) is 0.647. The standard InChI is InChI=1S/C17H24BrN3O3/c1-17(2,3)24-16(22)20-15(14-6-11(18)4-5-19-14)9-21-8-13-7-12(21)10-23-13/h4-6,12-13,15H,7-10H2,1-3H3,(H,20,22)/t12-,13-,15?/m1/s1. The van der Waals surface area contributed by atoms with Gasteiger partial charge in [0.1, 0.15) is 5.60 Å². The second-order valence-electron chi connectivity index (χ2n) is 7.40. The van der Waals surface area contributed by atoms with Crippen molar-refractivity contribution in [1.29, 1.82) is 0 Å². The molecule has 132 valence electrons. The molecule has 3 heterocycles. The topological polar surface area (TPSA) is 63.7 Å². The first-order valence-corrected chi connectivity index (χ1v) is 9.06. The second kappa shape index (κ2) is 6.98. The van der Waals surface area contributed by atoms with Crippen molar-refractivity contribution in [3.63, 3.8) is 0 Å². The molecule has 6 nitrogen and oxygen atoms in total. The molecule has 1 unspecified atom stereocenters. The number of carbonyl (C=O) groups is 1. The van der Waals surface area contributed by atoms with E-state index in [9.17, 15) is 4.79 Å². The van der Waals surface area contributed by atoms with Gasteiger partial charge in [0.2, 0.25) is 0 Å². The van der Waals surface area contributed by atoms with Crippen molar-refractivity contribution >= 4 is 22.0 Å². The first-order valence-electron chi connectivity index (χ1n) is 8.27. The number of morpholine rings is 1. The van der Waals surface area contributed by atoms with Gasteiger partial charge in [0.05, 0.1) is 24.4 Å². The lowest BCUT2D eigenvalue weighted by atomic mass is 10.1. The first kappa shape index (κ1) is 17.6. The second-order valence-corrected chi connectivity index (χ2v) is 8.31. The predicted molar refractivity (Wildman–Crippen MR) is 93.8 cm³/mol. The van der Waals surface area contributed by atoms with Gasteiger partial charge in [0.15, 0.2) is 0 Å². The molecule has 1 aromatic rings. The molecule has 2 saturated heterocycles. The molecule has 2 fully saturated rings. The van der Waals surface area contributed by atoms with Gasteiger partial charge >= 0.3 is 6.09 Å². The number of amides is 1. The van der Waals surface area contributed by atoms with Gasteiger partial charge in [-0.15, -0.1) is 0 Å². The summed E-state index contributed by atoms with van der Waals surface area (Å²) in [6.07, 6.45) is 2.72. The van der Waals surface area contributed by atoms with Crippen LogP contribution in [0.1, 0.15) is 38.9 Å². The molecule has 0 aromatic carbocycles. The van der Waals surface area contributed by atoms with Crippen LogP contribution < -0.4 is 5.32 Å². The number of ether oxygens (including phenoxy) is 2. The summed E-state index contributed by atoms with van der Waals surface area (Å²) in [6.45, 7) is 7.95. The number of rotatable bonds is 4. The smallest absolute Gasteiger partial charge is 0.408 e. The lowest BCUT2D eigenvalue weighted by Gasteiger charge is -2.31. The van der Waals surface area contributed by atoms with Crippen molar-refractivity contribution < 1.29 is 14.3 Å². The van der Waals surface area contributed by atoms with Gasteiger partial charge in [-0.05, 0) is 39.3 Å². The summed E-state index contributed by atoms with van der Waals surface area (Å²) in [6, 6.07) is 4.02. The number of halogens is 1. The van der Waals surface area contributed by atoms with Crippen molar-refractivity contribution in [1.82, 2.24) is 15.2 Å². The molecule has 0 saturated carbocycles. The molecular weight excluding hydrogens is 374 g/mol. The molecular formula is C17H24BrN3O3. The van der Waals surface area contributed by atoms with Crippen LogP contribution in [0.4, 0.5) is 4.79 Å². The molecule has 1 N–H and O–H groups in total. The van der Waals surface area contributed by atoms with Crippen molar-refractivity contribution in [3.8, 4) is 0 Å². The van der Waals surface area contributed by atoms with Crippen LogP contribution in [0.5, 0.6) is 0 Å². The van der Waals surface area contributed by atoms with Gasteiger partial charge in [0.25, 0.3) is 0 Å². The highest BCUT2D eigenvalue weighted by Crippen LogP contribution is 2.29. The Labute approximate surface area is 151 Å². The Hall–Kier alpha value is -1.18. The normalized spacial score (nSPS) is 24.8. The minimum atomic E-state index is -0.528. The van der Waals surface area contributed by atoms with Crippen LogP contribution in [0, 0.1) is 0 Å². The number of nitrogens with zero attached hydrogens (tertiary/aromatic N) is 2. The van der Waals surface area contributed by atoms with E-state index in [1.165, 1.54) is 0 Å². The lowest BCUT2D eigenvalue weighted by Crippen LogP contribution is -2.45. The summed E-state index contributed by atoms with van der Waals surface area (Å²) in [5.74, 6) is 0. The number of carbonyl (C=O) groups excluding carboxylic acids is 1. The van der Waals surface area contributed by atoms with Crippen molar-refractivity contribution in [2.75, 3.05) is 19.7 Å². The van der Waals surface area contributed by atoms with Crippen molar-refractivity contribution in [3.05, 3.63) is 28.5 Å². The van der Waals surface area contributed by atoms with Crippen molar-refractivity contribution in [2.24, 2.45) is 0 Å². The van der Waals surface area contributed by atoms with Gasteiger partial charge < -0.3 is 14.8 Å². The van der Waals surface area contributed by atoms with Crippen LogP contribution in [0.3, 0.4) is 0 Å². The molecule has 1 amide bonds. The van der Waals surface area contributed by atoms with Crippen LogP contribution >= 0.6 is 15.9 Å². The fourth-order valence-corrected chi connectivity index (χ4v) is 3.56. The molecule has 2 aliphatic rings. The number of nitrogens with one attached hydrogen (secondary N) is 1. The summed E-state index contributed by atoms with van der Waals surface area (Å²) < 4.78 is 12.0. The average Bonchev–Trinajstić information content (AvgIpc) is 3.07. The number of fused-ring (bicyclic) bond motifs is 2. The third-order valence-corrected chi connectivity index (χ3v) is 4.72. The number of aromatic nitrogens is 1. The van der Waals surface area contributed by atoms with Crippen LogP contribution in [0.15, 0.2) is 22.8 Å². The highest BCUT2D eigenvalue weighted by molar-refractivity contribution is 9.10. The summed E-state index contributed by atoms with van der Waals surface area (Å²) in [5, 5.41) is 2.98. The van der Waals surface area contributed by atoms with Gasteiger partial charge in [-0.1, -0.05) is 15.9 Å². The maximum Gasteiger partial charge on any atom is 0.408 e. The van der Waals surface area contributed by atoms with Gasteiger partial charge in [-0.2, -0.15) is 0 Å². The SMILES string of the molecule is CC(C)(C)OC(=O)NC(CN1C[C@H]2C[C@@H]1CO2)c1cc(Br)ccn1. The molecule has 1 aromatic heterocycles. The third kappa shape index (κ3) is 4.46. The number of hydrogen-bond acceptors (Lipinski definition) is 5. The van der Waals surface area contributed by atoms with E-state index in [4.69, 9.17) is 9.47 Å². The number of alkyl carbamates (subject to hydrolysis) is 1. The number of likely N-dealkylation sites (tertiary alicyclic amines) is 1. The molecule has 0 spiro atoms. The minimum absolute atomic E-state index is 0.225. The summed E-state index contributed by atoms with van der Waals surface area (Å²) >= 11 is 3.47. The molecule has 2 aliphatic heterocycles. The highest BCUT2D eigenvalue weighted by atomic mass is 79.9. The Morgan fingerprint density at radius 2 is 2.38 bits per heavy atom. The molecule has 0 aliphatic carbocycles. The molecule has 7 heteroatoms. The van der Waals surface area contributed by atoms with Crippen LogP contribution in [0.2, 0.25) is 0 Å². The predicted octanol–water partition coefficient (Wildman–Crippen LogP) is 2.88. The molecule has 0 radical (unpaired) electrons. The Morgan fingerprint density at radius 3 is 2.96 bits per heavy atom. The maximum absolute atomic E-state index is 12.2. The van der Waals surface area contributed by atoms with E-state index >= 15 is 0 Å². The zero-order valence-corrected chi connectivity index (χ0v) is 15.9. The Morgan fingerprint density at radius 1 is 1.58 bits per heavy atom. The van der Waals surface area contributed by atoms with E-state index in [2.05, 4.69) is 31.1 Å². The summed E-state index contributed by atoms with van der Waals surface area (Å²) in [7, 11) is 0. The van der Waals surface area contributed by atoms with Crippen LogP contribution in [-0.4, -0.2) is 53.4 Å². The monoisotopic (exact) mass is 397 g/mol. The highest BCUT2D eigenvalue weighted by Gasteiger charge is 2.40. The van der Waals surface area contributed by atoms with E-state index in [0.717, 1.165) is 29.7 Å². The van der Waals surface area contributed by atoms with E-state index in [0.29, 0.717) is 18.7 Å². The van der Waals surface area contributed by atoms with Gasteiger partial charge in [-0.3, -0.25) is 9.88 Å². The first-order chi connectivity index (χ1) is 11.3. The Kier molecular flexibility index (Phi) is 5.13. The molecule has 3 rings (SSSR count). The Bertz CT molecular complexity index is 605. The fourth-order valence-electron chi connectivity index (χ4n) is 3.21. The Balaban J connectivity index is 1.72. The van der Waals surface area contributed by atoms with Crippen molar-refractivity contribution in [2.45, 2.75) is 51.0 Å². The zero-order chi connectivity index (χ0) is 17.3. The largest absolute Gasteiger partial charge is 0.444 e. The van der Waals surface area contributed by atoms with Crippen LogP contribution in [-0.2, 0) is 9.47 Å². The van der Waals surface area contributed by atoms with Gasteiger partial charge in [0, 0.05) is 29.8 Å². The van der Waals surface area contributed by atoms with E-state index < -0.39 is 11.7 Å². The average molecular weight is 398 g/mol. The molecule has 2 bridgehead atoms. The van der Waals surface area contributed by atoms with E-state index in [1.54, 1.807) is 6.20 Å².